The Kier molecular flexibility index (Phi) is 3.89. The summed E-state index contributed by atoms with van der Waals surface area (Å²) in [6, 6.07) is 0. The van der Waals surface area contributed by atoms with Crippen molar-refractivity contribution in [1.29, 1.82) is 0 Å². The summed E-state index contributed by atoms with van der Waals surface area (Å²) >= 11 is 0. The summed E-state index contributed by atoms with van der Waals surface area (Å²) in [7, 11) is 0. The summed E-state index contributed by atoms with van der Waals surface area (Å²) in [5.74, 6) is 0.0518. The van der Waals surface area contributed by atoms with E-state index in [0.717, 1.165) is 32.0 Å². The molecule has 0 unspecified atom stereocenters. The van der Waals surface area contributed by atoms with E-state index >= 15 is 0 Å². The first-order valence-electron chi connectivity index (χ1n) is 5.60. The van der Waals surface area contributed by atoms with Crippen LogP contribution in [0, 0.1) is 11.8 Å². The molecule has 0 spiro atoms. The van der Waals surface area contributed by atoms with Crippen LogP contribution in [0.5, 0.6) is 0 Å². The lowest BCUT2D eigenvalue weighted by Crippen LogP contribution is -2.31. The van der Waals surface area contributed by atoms with E-state index in [1.54, 1.807) is 0 Å². The molecule has 3 heteroatoms. The molecule has 0 saturated heterocycles. The van der Waals surface area contributed by atoms with Crippen molar-refractivity contribution in [2.75, 3.05) is 0 Å². The van der Waals surface area contributed by atoms with Crippen LogP contribution in [0.3, 0.4) is 0 Å². The molecule has 1 saturated carbocycles. The highest BCUT2D eigenvalue weighted by molar-refractivity contribution is 5.73. The topological polar surface area (TPSA) is 43.4 Å². The monoisotopic (exact) mass is 212 g/mol. The van der Waals surface area contributed by atoms with Crippen LogP contribution in [-0.2, 0) is 14.3 Å². The van der Waals surface area contributed by atoms with Crippen LogP contribution in [0.15, 0.2) is 0 Å². The van der Waals surface area contributed by atoms with Crippen molar-refractivity contribution >= 4 is 12.3 Å². The zero-order valence-corrected chi connectivity index (χ0v) is 9.79. The smallest absolute Gasteiger partial charge is 0.309 e. The third-order valence-electron chi connectivity index (χ3n) is 2.70. The van der Waals surface area contributed by atoms with E-state index < -0.39 is 5.60 Å². The van der Waals surface area contributed by atoms with Crippen molar-refractivity contribution in [1.82, 2.24) is 0 Å². The van der Waals surface area contributed by atoms with Gasteiger partial charge in [-0.1, -0.05) is 0 Å². The normalized spacial score (nSPS) is 27.1. The highest BCUT2D eigenvalue weighted by Crippen LogP contribution is 2.29. The summed E-state index contributed by atoms with van der Waals surface area (Å²) in [4.78, 5) is 22.2. The van der Waals surface area contributed by atoms with Crippen molar-refractivity contribution in [3.05, 3.63) is 0 Å². The van der Waals surface area contributed by atoms with Crippen LogP contribution in [0.1, 0.15) is 46.5 Å². The van der Waals surface area contributed by atoms with Crippen LogP contribution >= 0.6 is 0 Å². The Hall–Kier alpha value is -0.860. The molecule has 0 aromatic heterocycles. The fraction of sp³-hybridized carbons (Fsp3) is 0.833. The second kappa shape index (κ2) is 4.77. The van der Waals surface area contributed by atoms with Gasteiger partial charge in [0, 0.05) is 5.92 Å². The van der Waals surface area contributed by atoms with E-state index in [-0.39, 0.29) is 17.8 Å². The molecule has 0 aromatic carbocycles. The number of carbonyl (C=O) groups excluding carboxylic acids is 2. The number of ether oxygens (including phenoxy) is 1. The van der Waals surface area contributed by atoms with Gasteiger partial charge < -0.3 is 9.53 Å². The first-order chi connectivity index (χ1) is 6.92. The lowest BCUT2D eigenvalue weighted by Gasteiger charge is -2.27. The van der Waals surface area contributed by atoms with Crippen LogP contribution in [0.2, 0.25) is 0 Å². The zero-order chi connectivity index (χ0) is 11.5. The SMILES string of the molecule is CC(C)(C)OC(=O)[C@H]1CC[C@H](C=O)CC1. The fourth-order valence-corrected chi connectivity index (χ4v) is 1.88. The maximum atomic E-state index is 11.7. The molecule has 86 valence electrons. The Morgan fingerprint density at radius 3 is 2.13 bits per heavy atom. The minimum atomic E-state index is -0.404. The van der Waals surface area contributed by atoms with Gasteiger partial charge >= 0.3 is 5.97 Å². The summed E-state index contributed by atoms with van der Waals surface area (Å²) in [5.41, 5.74) is -0.404. The highest BCUT2D eigenvalue weighted by atomic mass is 16.6. The van der Waals surface area contributed by atoms with Gasteiger partial charge in [-0.2, -0.15) is 0 Å². The first-order valence-corrected chi connectivity index (χ1v) is 5.60. The number of hydrogen-bond acceptors (Lipinski definition) is 3. The van der Waals surface area contributed by atoms with Crippen molar-refractivity contribution in [2.24, 2.45) is 11.8 Å². The summed E-state index contributed by atoms with van der Waals surface area (Å²) in [6.45, 7) is 5.63. The Morgan fingerprint density at radius 2 is 1.73 bits per heavy atom. The van der Waals surface area contributed by atoms with Gasteiger partial charge in [0.1, 0.15) is 11.9 Å². The second-order valence-electron chi connectivity index (χ2n) is 5.28. The Labute approximate surface area is 91.2 Å². The maximum absolute atomic E-state index is 11.7. The molecular formula is C12H20O3. The number of rotatable bonds is 2. The van der Waals surface area contributed by atoms with Gasteiger partial charge in [-0.15, -0.1) is 0 Å². The van der Waals surface area contributed by atoms with Gasteiger partial charge in [0.2, 0.25) is 0 Å². The third-order valence-corrected chi connectivity index (χ3v) is 2.70. The summed E-state index contributed by atoms with van der Waals surface area (Å²) < 4.78 is 5.32. The van der Waals surface area contributed by atoms with Crippen LogP contribution in [-0.4, -0.2) is 17.9 Å². The fourth-order valence-electron chi connectivity index (χ4n) is 1.88. The van der Waals surface area contributed by atoms with Crippen LogP contribution < -0.4 is 0 Å². The molecule has 1 fully saturated rings. The molecule has 0 aromatic rings. The average molecular weight is 212 g/mol. The lowest BCUT2D eigenvalue weighted by molar-refractivity contribution is -0.161. The highest BCUT2D eigenvalue weighted by Gasteiger charge is 2.29. The molecule has 0 atom stereocenters. The molecule has 1 aliphatic rings. The molecular weight excluding hydrogens is 192 g/mol. The van der Waals surface area contributed by atoms with Crippen LogP contribution in [0.4, 0.5) is 0 Å². The molecule has 0 radical (unpaired) electrons. The van der Waals surface area contributed by atoms with Crippen molar-refractivity contribution in [3.8, 4) is 0 Å². The number of carbonyl (C=O) groups is 2. The molecule has 0 aliphatic heterocycles. The molecule has 0 bridgehead atoms. The lowest BCUT2D eigenvalue weighted by atomic mass is 9.83. The van der Waals surface area contributed by atoms with Gasteiger partial charge in [0.15, 0.2) is 0 Å². The first kappa shape index (κ1) is 12.2. The van der Waals surface area contributed by atoms with E-state index in [1.807, 2.05) is 20.8 Å². The second-order valence-corrected chi connectivity index (χ2v) is 5.28. The van der Waals surface area contributed by atoms with Gasteiger partial charge in [0.05, 0.1) is 5.92 Å². The van der Waals surface area contributed by atoms with Crippen molar-refractivity contribution in [2.45, 2.75) is 52.1 Å². The number of aldehydes is 1. The number of hydrogen-bond donors (Lipinski definition) is 0. The van der Waals surface area contributed by atoms with Crippen molar-refractivity contribution < 1.29 is 14.3 Å². The van der Waals surface area contributed by atoms with E-state index in [0.29, 0.717) is 0 Å². The largest absolute Gasteiger partial charge is 0.460 e. The van der Waals surface area contributed by atoms with E-state index in [9.17, 15) is 9.59 Å². The van der Waals surface area contributed by atoms with Gasteiger partial charge in [-0.05, 0) is 46.5 Å². The zero-order valence-electron chi connectivity index (χ0n) is 9.79. The van der Waals surface area contributed by atoms with Gasteiger partial charge in [-0.25, -0.2) is 0 Å². The van der Waals surface area contributed by atoms with Gasteiger partial charge in [0.25, 0.3) is 0 Å². The van der Waals surface area contributed by atoms with Gasteiger partial charge in [-0.3, -0.25) is 4.79 Å². The number of esters is 1. The Bertz CT molecular complexity index is 232. The van der Waals surface area contributed by atoms with E-state index in [1.165, 1.54) is 0 Å². The quantitative estimate of drug-likeness (QED) is 0.521. The average Bonchev–Trinajstić information content (AvgIpc) is 2.15. The minimum Gasteiger partial charge on any atom is -0.460 e. The maximum Gasteiger partial charge on any atom is 0.309 e. The summed E-state index contributed by atoms with van der Waals surface area (Å²) in [6.07, 6.45) is 4.24. The molecule has 0 N–H and O–H groups in total. The molecule has 3 nitrogen and oxygen atoms in total. The Morgan fingerprint density at radius 1 is 1.20 bits per heavy atom. The molecule has 0 amide bonds. The van der Waals surface area contributed by atoms with E-state index in [4.69, 9.17) is 4.74 Å². The minimum absolute atomic E-state index is 0.000394. The molecule has 0 heterocycles. The predicted molar refractivity (Wildman–Crippen MR) is 57.4 cm³/mol. The van der Waals surface area contributed by atoms with Crippen molar-refractivity contribution in [3.63, 3.8) is 0 Å². The Balaban J connectivity index is 2.40. The van der Waals surface area contributed by atoms with Crippen LogP contribution in [0.25, 0.3) is 0 Å². The molecule has 1 rings (SSSR count). The molecule has 15 heavy (non-hydrogen) atoms. The summed E-state index contributed by atoms with van der Waals surface area (Å²) in [5, 5.41) is 0. The standard InChI is InChI=1S/C12H20O3/c1-12(2,3)15-11(14)10-6-4-9(8-13)5-7-10/h8-10H,4-7H2,1-3H3/t9-,10-. The molecule has 1 aliphatic carbocycles. The predicted octanol–water partition coefficient (Wildman–Crippen LogP) is 2.33. The van der Waals surface area contributed by atoms with E-state index in [2.05, 4.69) is 0 Å². The third kappa shape index (κ3) is 4.02.